The molecule has 0 spiro atoms. The van der Waals surface area contributed by atoms with Crippen molar-refractivity contribution >= 4 is 0 Å². The van der Waals surface area contributed by atoms with Crippen LogP contribution in [0.1, 0.15) is 32.5 Å². The van der Waals surface area contributed by atoms with E-state index in [4.69, 9.17) is 4.74 Å². The summed E-state index contributed by atoms with van der Waals surface area (Å²) in [5.74, 6) is 0.630. The Hall–Kier alpha value is -1.12. The fraction of sp³-hybridized carbons (Fsp3) is 0.875. The molecule has 8 heteroatoms. The van der Waals surface area contributed by atoms with Gasteiger partial charge < -0.3 is 4.74 Å². The highest BCUT2D eigenvalue weighted by molar-refractivity contribution is 4.91. The average Bonchev–Trinajstić information content (AvgIpc) is 3.08. The molecule has 0 saturated carbocycles. The van der Waals surface area contributed by atoms with Gasteiger partial charge in [0.1, 0.15) is 18.7 Å². The van der Waals surface area contributed by atoms with E-state index < -0.39 is 6.43 Å². The Morgan fingerprint density at radius 3 is 2.75 bits per heavy atom. The second kappa shape index (κ2) is 7.84. The highest BCUT2D eigenvalue weighted by Gasteiger charge is 2.30. The number of morpholine rings is 1. The number of alkyl halides is 2. The lowest BCUT2D eigenvalue weighted by atomic mass is 10.1. The Balaban J connectivity index is 1.58. The standard InChI is InChI=1S/C16H27F2N5O/c1-12-6-21(7-13(2)24-12)8-14-4-3-5-22(14)10-16-19-11-20-23(16)9-15(17)18/h11-15H,3-10H2,1-2H3/t12-,13-,14-/m1/s1. The molecule has 2 fully saturated rings. The Morgan fingerprint density at radius 2 is 2.04 bits per heavy atom. The Morgan fingerprint density at radius 1 is 1.29 bits per heavy atom. The summed E-state index contributed by atoms with van der Waals surface area (Å²) in [6.45, 7) is 8.33. The van der Waals surface area contributed by atoms with Crippen LogP contribution in [-0.2, 0) is 17.8 Å². The maximum Gasteiger partial charge on any atom is 0.257 e. The van der Waals surface area contributed by atoms with E-state index in [1.165, 1.54) is 11.0 Å². The number of rotatable bonds is 6. The Labute approximate surface area is 141 Å². The van der Waals surface area contributed by atoms with Gasteiger partial charge in [0.15, 0.2) is 0 Å². The van der Waals surface area contributed by atoms with Crippen molar-refractivity contribution < 1.29 is 13.5 Å². The molecule has 0 N–H and O–H groups in total. The van der Waals surface area contributed by atoms with E-state index in [2.05, 4.69) is 33.7 Å². The van der Waals surface area contributed by atoms with Gasteiger partial charge >= 0.3 is 0 Å². The molecule has 2 saturated heterocycles. The van der Waals surface area contributed by atoms with Crippen molar-refractivity contribution in [3.63, 3.8) is 0 Å². The monoisotopic (exact) mass is 343 g/mol. The maximum absolute atomic E-state index is 12.6. The van der Waals surface area contributed by atoms with Crippen LogP contribution in [-0.4, -0.2) is 75.4 Å². The number of halogens is 2. The molecule has 0 aromatic carbocycles. The fourth-order valence-corrected chi connectivity index (χ4v) is 3.92. The first kappa shape index (κ1) is 17.7. The number of ether oxygens (including phenoxy) is 1. The molecule has 3 atom stereocenters. The summed E-state index contributed by atoms with van der Waals surface area (Å²) in [5.41, 5.74) is 0. The van der Waals surface area contributed by atoms with Crippen molar-refractivity contribution in [1.82, 2.24) is 24.6 Å². The molecule has 3 rings (SSSR count). The van der Waals surface area contributed by atoms with Gasteiger partial charge in [-0.25, -0.2) is 18.4 Å². The summed E-state index contributed by atoms with van der Waals surface area (Å²) in [5, 5.41) is 3.93. The van der Waals surface area contributed by atoms with Crippen LogP contribution in [0.25, 0.3) is 0 Å². The lowest BCUT2D eigenvalue weighted by Crippen LogP contribution is -2.50. The van der Waals surface area contributed by atoms with Crippen molar-refractivity contribution in [1.29, 1.82) is 0 Å². The largest absolute Gasteiger partial charge is 0.373 e. The van der Waals surface area contributed by atoms with Gasteiger partial charge in [0.05, 0.1) is 18.8 Å². The summed E-state index contributed by atoms with van der Waals surface area (Å²) < 4.78 is 32.4. The van der Waals surface area contributed by atoms with Crippen molar-refractivity contribution in [3.05, 3.63) is 12.2 Å². The molecule has 0 aliphatic carbocycles. The van der Waals surface area contributed by atoms with Crippen molar-refractivity contribution in [2.45, 2.75) is 64.5 Å². The molecule has 136 valence electrons. The van der Waals surface area contributed by atoms with E-state index >= 15 is 0 Å². The van der Waals surface area contributed by atoms with Gasteiger partial charge in [0.25, 0.3) is 6.43 Å². The van der Waals surface area contributed by atoms with E-state index in [1.54, 1.807) is 0 Å². The van der Waals surface area contributed by atoms with Gasteiger partial charge in [0.2, 0.25) is 0 Å². The van der Waals surface area contributed by atoms with Crippen molar-refractivity contribution in [2.75, 3.05) is 26.2 Å². The van der Waals surface area contributed by atoms with Crippen LogP contribution in [0, 0.1) is 0 Å². The Bertz CT molecular complexity index is 516. The van der Waals surface area contributed by atoms with Crippen molar-refractivity contribution in [3.8, 4) is 0 Å². The van der Waals surface area contributed by atoms with Crippen LogP contribution in [0.15, 0.2) is 6.33 Å². The van der Waals surface area contributed by atoms with Crippen LogP contribution >= 0.6 is 0 Å². The smallest absolute Gasteiger partial charge is 0.257 e. The predicted molar refractivity (Wildman–Crippen MR) is 85.9 cm³/mol. The molecule has 0 bridgehead atoms. The molecule has 0 amide bonds. The first-order valence-electron chi connectivity index (χ1n) is 8.78. The van der Waals surface area contributed by atoms with Crippen molar-refractivity contribution in [2.24, 2.45) is 0 Å². The van der Waals surface area contributed by atoms with Gasteiger partial charge in [0, 0.05) is 25.7 Å². The van der Waals surface area contributed by atoms with Crippen LogP contribution in [0.4, 0.5) is 8.78 Å². The van der Waals surface area contributed by atoms with Crippen LogP contribution in [0.2, 0.25) is 0 Å². The highest BCUT2D eigenvalue weighted by Crippen LogP contribution is 2.22. The molecule has 1 aromatic rings. The van der Waals surface area contributed by atoms with E-state index in [9.17, 15) is 8.78 Å². The number of hydrogen-bond donors (Lipinski definition) is 0. The highest BCUT2D eigenvalue weighted by atomic mass is 19.3. The summed E-state index contributed by atoms with van der Waals surface area (Å²) >= 11 is 0. The number of nitrogens with zero attached hydrogens (tertiary/aromatic N) is 5. The topological polar surface area (TPSA) is 46.4 Å². The lowest BCUT2D eigenvalue weighted by molar-refractivity contribution is -0.0725. The summed E-state index contributed by atoms with van der Waals surface area (Å²) in [6.07, 6.45) is 1.77. The minimum atomic E-state index is -2.41. The minimum Gasteiger partial charge on any atom is -0.373 e. The molecule has 1 aromatic heterocycles. The summed E-state index contributed by atoms with van der Waals surface area (Å²) in [4.78, 5) is 9.00. The quantitative estimate of drug-likeness (QED) is 0.785. The zero-order valence-corrected chi connectivity index (χ0v) is 14.4. The van der Waals surface area contributed by atoms with Crippen LogP contribution < -0.4 is 0 Å². The molecule has 24 heavy (non-hydrogen) atoms. The minimum absolute atomic E-state index is 0.262. The fourth-order valence-electron chi connectivity index (χ4n) is 3.92. The summed E-state index contributed by atoms with van der Waals surface area (Å²) in [6, 6.07) is 0.444. The molecule has 2 aliphatic heterocycles. The average molecular weight is 343 g/mol. The molecule has 6 nitrogen and oxygen atoms in total. The number of hydrogen-bond acceptors (Lipinski definition) is 5. The van der Waals surface area contributed by atoms with E-state index in [1.807, 2.05) is 0 Å². The third-order valence-electron chi connectivity index (χ3n) is 4.81. The second-order valence-electron chi connectivity index (χ2n) is 6.99. The van der Waals surface area contributed by atoms with Crippen LogP contribution in [0.5, 0.6) is 0 Å². The first-order valence-corrected chi connectivity index (χ1v) is 8.78. The molecular formula is C16H27F2N5O. The van der Waals surface area contributed by atoms with E-state index in [0.29, 0.717) is 18.4 Å². The maximum atomic E-state index is 12.6. The third kappa shape index (κ3) is 4.49. The van der Waals surface area contributed by atoms with E-state index in [-0.39, 0.29) is 18.8 Å². The number of likely N-dealkylation sites (tertiary alicyclic amines) is 1. The van der Waals surface area contributed by atoms with E-state index in [0.717, 1.165) is 39.0 Å². The lowest BCUT2D eigenvalue weighted by Gasteiger charge is -2.38. The zero-order chi connectivity index (χ0) is 17.1. The molecule has 0 unspecified atom stereocenters. The van der Waals surface area contributed by atoms with Gasteiger partial charge in [-0.15, -0.1) is 0 Å². The SMILES string of the molecule is C[C@@H]1CN(C[C@H]2CCCN2Cc2ncnn2CC(F)F)C[C@@H](C)O1. The number of aromatic nitrogens is 3. The first-order chi connectivity index (χ1) is 11.5. The third-order valence-corrected chi connectivity index (χ3v) is 4.81. The second-order valence-corrected chi connectivity index (χ2v) is 6.99. The normalized spacial score (nSPS) is 29.6. The molecular weight excluding hydrogens is 316 g/mol. The molecule has 3 heterocycles. The van der Waals surface area contributed by atoms with Crippen LogP contribution in [0.3, 0.4) is 0 Å². The molecule has 2 aliphatic rings. The summed E-state index contributed by atoms with van der Waals surface area (Å²) in [7, 11) is 0. The van der Waals surface area contributed by atoms with Gasteiger partial charge in [-0.1, -0.05) is 0 Å². The zero-order valence-electron chi connectivity index (χ0n) is 14.4. The van der Waals surface area contributed by atoms with Gasteiger partial charge in [-0.05, 0) is 33.2 Å². The van der Waals surface area contributed by atoms with Gasteiger partial charge in [-0.2, -0.15) is 5.10 Å². The van der Waals surface area contributed by atoms with Gasteiger partial charge in [-0.3, -0.25) is 9.80 Å². The Kier molecular flexibility index (Phi) is 5.78. The molecule has 0 radical (unpaired) electrons. The predicted octanol–water partition coefficient (Wildman–Crippen LogP) is 1.62.